The Labute approximate surface area is 303 Å². The van der Waals surface area contributed by atoms with Gasteiger partial charge in [0.15, 0.2) is 23.8 Å². The van der Waals surface area contributed by atoms with E-state index in [1.807, 2.05) is 23.5 Å². The Bertz CT molecular complexity index is 2520. The van der Waals surface area contributed by atoms with E-state index in [2.05, 4.69) is 170 Å². The van der Waals surface area contributed by atoms with Gasteiger partial charge in [-0.2, -0.15) is 0 Å². The number of hydrogen-bond donors (Lipinski definition) is 0. The van der Waals surface area contributed by atoms with Crippen LogP contribution in [0.15, 0.2) is 140 Å². The highest BCUT2D eigenvalue weighted by atomic mass is 15.5. The van der Waals surface area contributed by atoms with E-state index in [4.69, 9.17) is 10.4 Å². The Balaban J connectivity index is 1.12. The van der Waals surface area contributed by atoms with Gasteiger partial charge in [0, 0.05) is 22.3 Å². The number of rotatable bonds is 6. The van der Waals surface area contributed by atoms with Gasteiger partial charge in [-0.15, -0.1) is 18.7 Å². The first-order valence-electron chi connectivity index (χ1n) is 18.0. The number of nitrogens with zero attached hydrogens (tertiary/aromatic N) is 6. The summed E-state index contributed by atoms with van der Waals surface area (Å²) in [4.78, 5) is 0. The molecule has 9 aromatic rings. The second kappa shape index (κ2) is 12.3. The predicted molar refractivity (Wildman–Crippen MR) is 211 cm³/mol. The van der Waals surface area contributed by atoms with Crippen LogP contribution in [0, 0.1) is 0 Å². The third-order valence-corrected chi connectivity index (χ3v) is 10.5. The zero-order valence-corrected chi connectivity index (χ0v) is 30.4. The first kappa shape index (κ1) is 31.8. The van der Waals surface area contributed by atoms with Gasteiger partial charge in [0.1, 0.15) is 27.2 Å². The first-order chi connectivity index (χ1) is 25.2. The molecule has 9 rings (SSSR count). The molecule has 0 atom stereocenters. The first-order valence-corrected chi connectivity index (χ1v) is 18.0. The summed E-state index contributed by atoms with van der Waals surface area (Å²) in [7, 11) is 4.09. The van der Waals surface area contributed by atoms with Gasteiger partial charge in [0.25, 0.3) is 0 Å². The third-order valence-electron chi connectivity index (χ3n) is 10.5. The Morgan fingerprint density at radius 1 is 0.481 bits per heavy atom. The highest BCUT2D eigenvalue weighted by molar-refractivity contribution is 6.03. The van der Waals surface area contributed by atoms with Crippen molar-refractivity contribution in [2.75, 3.05) is 0 Å². The molecule has 0 N–H and O–H groups in total. The monoisotopic (exact) mass is 678 g/mol. The number of hydrogen-bond acceptors (Lipinski definition) is 2. The van der Waals surface area contributed by atoms with Crippen molar-refractivity contribution in [2.24, 2.45) is 14.1 Å². The number of benzene rings is 7. The topological polar surface area (TPSA) is 43.4 Å². The lowest BCUT2D eigenvalue weighted by Gasteiger charge is -2.20. The molecule has 0 aliphatic heterocycles. The Morgan fingerprint density at radius 2 is 0.827 bits per heavy atom. The molecule has 0 aliphatic carbocycles. The maximum atomic E-state index is 5.02. The highest BCUT2D eigenvalue weighted by Crippen LogP contribution is 2.34. The van der Waals surface area contributed by atoms with Crippen molar-refractivity contribution in [3.8, 4) is 22.5 Å². The van der Waals surface area contributed by atoms with Gasteiger partial charge in [0.2, 0.25) is 0 Å². The molecular formula is C46H42N6+2. The molecule has 7 aromatic carbocycles. The zero-order valence-electron chi connectivity index (χ0n) is 30.4. The number of aromatic nitrogens is 6. The quantitative estimate of drug-likeness (QED) is 0.130. The van der Waals surface area contributed by atoms with E-state index in [9.17, 15) is 0 Å². The lowest BCUT2D eigenvalue weighted by Crippen LogP contribution is -2.36. The molecule has 52 heavy (non-hydrogen) atoms. The van der Waals surface area contributed by atoms with Crippen LogP contribution in [0.5, 0.6) is 0 Å². The molecule has 6 nitrogen and oxygen atoms in total. The van der Waals surface area contributed by atoms with Crippen LogP contribution in [-0.2, 0) is 32.6 Å². The Kier molecular flexibility index (Phi) is 7.51. The molecule has 0 fully saturated rings. The predicted octanol–water partition coefficient (Wildman–Crippen LogP) is 9.07. The average molecular weight is 679 g/mol. The molecule has 0 saturated carbocycles. The van der Waals surface area contributed by atoms with E-state index >= 15 is 0 Å². The summed E-state index contributed by atoms with van der Waals surface area (Å²) in [6.45, 7) is 8.18. The van der Waals surface area contributed by atoms with Gasteiger partial charge in [0.05, 0.1) is 10.4 Å². The van der Waals surface area contributed by atoms with Crippen molar-refractivity contribution in [2.45, 2.75) is 39.3 Å². The summed E-state index contributed by atoms with van der Waals surface area (Å²) < 4.78 is 8.18. The maximum absolute atomic E-state index is 5.02. The van der Waals surface area contributed by atoms with Crippen LogP contribution in [0.2, 0.25) is 0 Å². The lowest BCUT2D eigenvalue weighted by molar-refractivity contribution is -0.747. The molecule has 2 heterocycles. The van der Waals surface area contributed by atoms with E-state index in [0.717, 1.165) is 22.5 Å². The van der Waals surface area contributed by atoms with Crippen LogP contribution >= 0.6 is 0 Å². The molecule has 0 bridgehead atoms. The Hall–Kier alpha value is -6.14. The summed E-state index contributed by atoms with van der Waals surface area (Å²) in [6, 6.07) is 46.2. The molecule has 0 radical (unpaired) electrons. The zero-order chi connectivity index (χ0) is 35.6. The second-order valence-electron chi connectivity index (χ2n) is 15.1. The normalized spacial score (nSPS) is 12.1. The fraction of sp³-hybridized carbons (Fsp3) is 0.174. The minimum atomic E-state index is -0.0579. The lowest BCUT2D eigenvalue weighted by atomic mass is 9.84. The van der Waals surface area contributed by atoms with Crippen LogP contribution in [0.4, 0.5) is 0 Å². The van der Waals surface area contributed by atoms with Gasteiger partial charge < -0.3 is 0 Å². The van der Waals surface area contributed by atoms with Crippen LogP contribution < -0.4 is 9.36 Å². The van der Waals surface area contributed by atoms with Crippen molar-refractivity contribution in [3.05, 3.63) is 156 Å². The molecule has 0 unspecified atom stereocenters. The van der Waals surface area contributed by atoms with E-state index in [1.54, 1.807) is 0 Å². The van der Waals surface area contributed by atoms with Crippen LogP contribution in [0.1, 0.15) is 37.5 Å². The number of fused-ring (bicyclic) bond motifs is 4. The van der Waals surface area contributed by atoms with Crippen molar-refractivity contribution >= 4 is 43.1 Å². The van der Waals surface area contributed by atoms with Crippen molar-refractivity contribution < 1.29 is 9.36 Å². The van der Waals surface area contributed by atoms with Crippen molar-refractivity contribution in [1.82, 2.24) is 19.8 Å². The van der Waals surface area contributed by atoms with Crippen molar-refractivity contribution in [1.29, 1.82) is 0 Å². The molecule has 0 aliphatic rings. The molecule has 254 valence electrons. The van der Waals surface area contributed by atoms with E-state index < -0.39 is 0 Å². The van der Waals surface area contributed by atoms with E-state index in [1.165, 1.54) is 59.8 Å². The molecule has 0 saturated heterocycles. The highest BCUT2D eigenvalue weighted by Gasteiger charge is 2.25. The fourth-order valence-corrected chi connectivity index (χ4v) is 7.86. The molecular weight excluding hydrogens is 637 g/mol. The molecule has 0 amide bonds. The average Bonchev–Trinajstić information content (AvgIpc) is 3.71. The van der Waals surface area contributed by atoms with Crippen LogP contribution in [-0.4, -0.2) is 19.8 Å². The van der Waals surface area contributed by atoms with E-state index in [0.29, 0.717) is 13.1 Å². The van der Waals surface area contributed by atoms with Gasteiger partial charge >= 0.3 is 0 Å². The minimum Gasteiger partial charge on any atom is -0.133 e. The molecule has 0 spiro atoms. The standard InChI is InChI=1S/C46H42N6/c1-46(2,3)37-25-35(44-29-51(47-49(44)4)27-42-38-18-10-6-14-31(38)22-32-15-7-11-19-39(32)42)24-36(26-37)45-30-52(48-50(45)5)28-43-40-20-12-8-16-33(40)23-34-17-9-13-21-41(34)43/h6-26,29-30H,27-28H2,1-5H3/q+2. The maximum Gasteiger partial charge on any atom is 0.197 e. The van der Waals surface area contributed by atoms with Crippen molar-refractivity contribution in [3.63, 3.8) is 0 Å². The fourth-order valence-electron chi connectivity index (χ4n) is 7.86. The molecule has 2 aromatic heterocycles. The van der Waals surface area contributed by atoms with E-state index in [-0.39, 0.29) is 5.41 Å². The summed E-state index contributed by atoms with van der Waals surface area (Å²) >= 11 is 0. The largest absolute Gasteiger partial charge is 0.197 e. The molecule has 6 heteroatoms. The number of aryl methyl sites for hydroxylation is 2. The smallest absolute Gasteiger partial charge is 0.133 e. The SMILES string of the molecule is Cn1n[n+](Cc2c3ccccc3cc3ccccc23)cc1-c1cc(-c2c[n+](Cc3c4ccccc4cc4ccccc34)nn2C)cc(C(C)(C)C)c1. The summed E-state index contributed by atoms with van der Waals surface area (Å²) in [5, 5.41) is 20.1. The minimum absolute atomic E-state index is 0.0579. The summed E-state index contributed by atoms with van der Waals surface area (Å²) in [6.07, 6.45) is 4.38. The summed E-state index contributed by atoms with van der Waals surface area (Å²) in [5.74, 6) is 0. The Morgan fingerprint density at radius 3 is 1.17 bits per heavy atom. The van der Waals surface area contributed by atoms with Gasteiger partial charge in [-0.1, -0.05) is 118 Å². The third kappa shape index (κ3) is 5.61. The van der Waals surface area contributed by atoms with Crippen LogP contribution in [0.25, 0.3) is 65.6 Å². The van der Waals surface area contributed by atoms with Gasteiger partial charge in [-0.05, 0) is 84.4 Å². The van der Waals surface area contributed by atoms with Crippen LogP contribution in [0.3, 0.4) is 0 Å². The summed E-state index contributed by atoms with van der Waals surface area (Å²) in [5.41, 5.74) is 8.16. The second-order valence-corrected chi connectivity index (χ2v) is 15.1. The van der Waals surface area contributed by atoms with Gasteiger partial charge in [-0.25, -0.2) is 0 Å². The van der Waals surface area contributed by atoms with Gasteiger partial charge in [-0.3, -0.25) is 0 Å².